The second kappa shape index (κ2) is 9.21. The highest BCUT2D eigenvalue weighted by molar-refractivity contribution is 6.17. The largest absolute Gasteiger partial charge is 0.456 e. The first-order valence-corrected chi connectivity index (χ1v) is 14.8. The number of nitriles is 1. The fourth-order valence-electron chi connectivity index (χ4n) is 7.29. The van der Waals surface area contributed by atoms with Crippen molar-refractivity contribution >= 4 is 43.9 Å². The SMILES string of the molecule is N#Cc1ccc2c(c1)CCC(c1cccc3c1oc1cccc(-c4cccc5c4oc4ccccc45)c13)c1ccccc1-2. The summed E-state index contributed by atoms with van der Waals surface area (Å²) < 4.78 is 13.2. The van der Waals surface area contributed by atoms with Gasteiger partial charge < -0.3 is 8.83 Å². The number of fused-ring (bicyclic) bond motifs is 9. The molecule has 0 aliphatic heterocycles. The molecule has 202 valence electrons. The highest BCUT2D eigenvalue weighted by atomic mass is 16.3. The standard InChI is InChI=1S/C40H25NO2/c41-23-24-18-20-26-25(22-24)19-21-29(28-9-2-1-8-27(26)28)32-12-6-15-35-38-31(11-7-17-37(38)43-40(32)35)34-14-5-13-33-30-10-3-4-16-36(30)42-39(33)34/h1-18,20,22,29H,19,21H2. The fraction of sp³-hybridized carbons (Fsp3) is 0.0750. The van der Waals surface area contributed by atoms with Crippen molar-refractivity contribution in [1.82, 2.24) is 0 Å². The molecule has 1 aliphatic rings. The Balaban J connectivity index is 1.26. The molecule has 0 saturated heterocycles. The molecule has 0 radical (unpaired) electrons. The number of aryl methyl sites for hydroxylation is 1. The number of para-hydroxylation sites is 3. The zero-order valence-corrected chi connectivity index (χ0v) is 23.3. The Hall–Kier alpha value is -5.59. The van der Waals surface area contributed by atoms with Crippen LogP contribution in [0.5, 0.6) is 0 Å². The van der Waals surface area contributed by atoms with Gasteiger partial charge >= 0.3 is 0 Å². The molecule has 2 aromatic heterocycles. The summed E-state index contributed by atoms with van der Waals surface area (Å²) in [6.45, 7) is 0. The van der Waals surface area contributed by atoms with Gasteiger partial charge in [0.25, 0.3) is 0 Å². The van der Waals surface area contributed by atoms with Gasteiger partial charge in [0.1, 0.15) is 22.3 Å². The van der Waals surface area contributed by atoms with E-state index in [0.29, 0.717) is 5.56 Å². The molecule has 3 heteroatoms. The van der Waals surface area contributed by atoms with Crippen LogP contribution in [0.4, 0.5) is 0 Å². The van der Waals surface area contributed by atoms with E-state index < -0.39 is 0 Å². The third-order valence-electron chi connectivity index (χ3n) is 9.19. The van der Waals surface area contributed by atoms with Crippen LogP contribution in [0, 0.1) is 11.3 Å². The molecular formula is C40H25NO2. The summed E-state index contributed by atoms with van der Waals surface area (Å²) >= 11 is 0. The summed E-state index contributed by atoms with van der Waals surface area (Å²) in [5.41, 5.74) is 12.7. The van der Waals surface area contributed by atoms with Gasteiger partial charge in [-0.1, -0.05) is 97.1 Å². The van der Waals surface area contributed by atoms with E-state index >= 15 is 0 Å². The molecule has 6 aromatic carbocycles. The van der Waals surface area contributed by atoms with Crippen molar-refractivity contribution in [3.05, 3.63) is 144 Å². The van der Waals surface area contributed by atoms with Crippen LogP contribution in [-0.4, -0.2) is 0 Å². The van der Waals surface area contributed by atoms with E-state index in [1.165, 1.54) is 27.8 Å². The highest BCUT2D eigenvalue weighted by Crippen LogP contribution is 2.47. The molecule has 43 heavy (non-hydrogen) atoms. The molecule has 0 fully saturated rings. The summed E-state index contributed by atoms with van der Waals surface area (Å²) in [4.78, 5) is 0. The van der Waals surface area contributed by atoms with E-state index in [-0.39, 0.29) is 5.92 Å². The second-order valence-electron chi connectivity index (χ2n) is 11.4. The van der Waals surface area contributed by atoms with Crippen molar-refractivity contribution in [3.63, 3.8) is 0 Å². The van der Waals surface area contributed by atoms with Gasteiger partial charge in [0.15, 0.2) is 0 Å². The van der Waals surface area contributed by atoms with Crippen molar-refractivity contribution in [1.29, 1.82) is 5.26 Å². The van der Waals surface area contributed by atoms with E-state index in [4.69, 9.17) is 8.83 Å². The molecule has 0 bridgehead atoms. The molecule has 1 unspecified atom stereocenters. The smallest absolute Gasteiger partial charge is 0.143 e. The van der Waals surface area contributed by atoms with Crippen LogP contribution in [0.2, 0.25) is 0 Å². The molecule has 1 atom stereocenters. The number of furan rings is 2. The van der Waals surface area contributed by atoms with Crippen molar-refractivity contribution in [2.45, 2.75) is 18.8 Å². The third kappa shape index (κ3) is 3.54. The normalized spacial score (nSPS) is 14.5. The molecule has 0 spiro atoms. The minimum atomic E-state index is 0.153. The van der Waals surface area contributed by atoms with Crippen LogP contribution in [0.1, 0.15) is 34.6 Å². The first kappa shape index (κ1) is 24.1. The molecule has 8 aromatic rings. The molecule has 0 saturated carbocycles. The number of hydrogen-bond acceptors (Lipinski definition) is 3. The van der Waals surface area contributed by atoms with Crippen LogP contribution in [0.3, 0.4) is 0 Å². The first-order chi connectivity index (χ1) is 21.3. The Bertz CT molecular complexity index is 2430. The maximum absolute atomic E-state index is 9.55. The fourth-order valence-corrected chi connectivity index (χ4v) is 7.29. The van der Waals surface area contributed by atoms with Gasteiger partial charge in [0, 0.05) is 38.6 Å². The van der Waals surface area contributed by atoms with Crippen LogP contribution >= 0.6 is 0 Å². The van der Waals surface area contributed by atoms with Crippen molar-refractivity contribution < 1.29 is 8.83 Å². The van der Waals surface area contributed by atoms with Gasteiger partial charge in [0.2, 0.25) is 0 Å². The Morgan fingerprint density at radius 1 is 0.558 bits per heavy atom. The van der Waals surface area contributed by atoms with Gasteiger partial charge in [-0.05, 0) is 64.9 Å². The lowest BCUT2D eigenvalue weighted by molar-refractivity contribution is 0.647. The van der Waals surface area contributed by atoms with Crippen molar-refractivity contribution in [3.8, 4) is 28.3 Å². The van der Waals surface area contributed by atoms with Crippen LogP contribution in [-0.2, 0) is 6.42 Å². The Labute approximate surface area is 248 Å². The van der Waals surface area contributed by atoms with Gasteiger partial charge in [-0.2, -0.15) is 5.26 Å². The van der Waals surface area contributed by atoms with E-state index in [0.717, 1.165) is 67.8 Å². The third-order valence-corrected chi connectivity index (χ3v) is 9.19. The number of nitrogens with zero attached hydrogens (tertiary/aromatic N) is 1. The number of benzene rings is 6. The monoisotopic (exact) mass is 551 g/mol. The lowest BCUT2D eigenvalue weighted by atomic mass is 9.85. The molecule has 0 N–H and O–H groups in total. The molecule has 0 amide bonds. The average molecular weight is 552 g/mol. The molecule has 3 nitrogen and oxygen atoms in total. The predicted molar refractivity (Wildman–Crippen MR) is 173 cm³/mol. The van der Waals surface area contributed by atoms with Crippen LogP contribution in [0.15, 0.2) is 130 Å². The minimum absolute atomic E-state index is 0.153. The maximum atomic E-state index is 9.55. The lowest BCUT2D eigenvalue weighted by Gasteiger charge is -2.18. The Morgan fingerprint density at radius 2 is 1.26 bits per heavy atom. The van der Waals surface area contributed by atoms with Crippen LogP contribution in [0.25, 0.3) is 66.1 Å². The van der Waals surface area contributed by atoms with E-state index in [2.05, 4.69) is 109 Å². The summed E-state index contributed by atoms with van der Waals surface area (Å²) in [5, 5.41) is 14.0. The highest BCUT2D eigenvalue weighted by Gasteiger charge is 2.27. The van der Waals surface area contributed by atoms with Gasteiger partial charge in [-0.15, -0.1) is 0 Å². The Morgan fingerprint density at radius 3 is 2.21 bits per heavy atom. The lowest BCUT2D eigenvalue weighted by Crippen LogP contribution is -2.02. The molecule has 1 aliphatic carbocycles. The molecule has 2 heterocycles. The summed E-state index contributed by atoms with van der Waals surface area (Å²) in [6.07, 6.45) is 1.82. The maximum Gasteiger partial charge on any atom is 0.143 e. The summed E-state index contributed by atoms with van der Waals surface area (Å²) in [7, 11) is 0. The number of hydrogen-bond donors (Lipinski definition) is 0. The van der Waals surface area contributed by atoms with Crippen molar-refractivity contribution in [2.75, 3.05) is 0 Å². The zero-order chi connectivity index (χ0) is 28.5. The zero-order valence-electron chi connectivity index (χ0n) is 23.3. The van der Waals surface area contributed by atoms with Gasteiger partial charge in [0.05, 0.1) is 11.6 Å². The predicted octanol–water partition coefficient (Wildman–Crippen LogP) is 10.8. The Kier molecular flexibility index (Phi) is 5.15. The first-order valence-electron chi connectivity index (χ1n) is 14.8. The minimum Gasteiger partial charge on any atom is -0.456 e. The molecule has 9 rings (SSSR count). The summed E-state index contributed by atoms with van der Waals surface area (Å²) in [5.74, 6) is 0.153. The quantitative estimate of drug-likeness (QED) is 0.215. The van der Waals surface area contributed by atoms with E-state index in [9.17, 15) is 5.26 Å². The van der Waals surface area contributed by atoms with E-state index in [1.54, 1.807) is 0 Å². The van der Waals surface area contributed by atoms with Gasteiger partial charge in [-0.3, -0.25) is 0 Å². The van der Waals surface area contributed by atoms with E-state index in [1.807, 2.05) is 18.2 Å². The van der Waals surface area contributed by atoms with Gasteiger partial charge in [-0.25, -0.2) is 0 Å². The summed E-state index contributed by atoms with van der Waals surface area (Å²) in [6, 6.07) is 44.6. The van der Waals surface area contributed by atoms with Crippen molar-refractivity contribution in [2.24, 2.45) is 0 Å². The second-order valence-corrected chi connectivity index (χ2v) is 11.4. The average Bonchev–Trinajstić information content (AvgIpc) is 3.59. The van der Waals surface area contributed by atoms with Crippen LogP contribution < -0.4 is 0 Å². The molecular weight excluding hydrogens is 526 g/mol. The number of rotatable bonds is 2. The topological polar surface area (TPSA) is 50.1 Å².